The molecule has 0 atom stereocenters. The summed E-state index contributed by atoms with van der Waals surface area (Å²) in [5, 5.41) is 13.9. The second kappa shape index (κ2) is 8.74. The lowest BCUT2D eigenvalue weighted by atomic mass is 10.1. The SMILES string of the molecule is CC(=O)Nc1ccc(S(=O)(=O)N2CCN(c3ccc(C(F)(F)F)cc3[N+](=O)[O-])CC2)cc1. The van der Waals surface area contributed by atoms with Crippen molar-refractivity contribution in [2.45, 2.75) is 18.0 Å². The second-order valence-corrected chi connectivity index (χ2v) is 8.99. The number of benzene rings is 2. The minimum Gasteiger partial charge on any atom is -0.363 e. The van der Waals surface area contributed by atoms with Gasteiger partial charge in [0.05, 0.1) is 15.4 Å². The molecular formula is C19H19F3N4O5S. The quantitative estimate of drug-likeness (QED) is 0.529. The first-order valence-corrected chi connectivity index (χ1v) is 10.8. The van der Waals surface area contributed by atoms with Crippen LogP contribution in [0.5, 0.6) is 0 Å². The van der Waals surface area contributed by atoms with Gasteiger partial charge in [0.2, 0.25) is 15.9 Å². The van der Waals surface area contributed by atoms with Crippen LogP contribution < -0.4 is 10.2 Å². The molecule has 9 nitrogen and oxygen atoms in total. The normalized spacial score (nSPS) is 15.4. The highest BCUT2D eigenvalue weighted by atomic mass is 32.2. The van der Waals surface area contributed by atoms with E-state index in [2.05, 4.69) is 5.32 Å². The highest BCUT2D eigenvalue weighted by Gasteiger charge is 2.35. The maximum atomic E-state index is 12.9. The molecule has 0 bridgehead atoms. The van der Waals surface area contributed by atoms with E-state index in [0.29, 0.717) is 11.8 Å². The Morgan fingerprint density at radius 1 is 1.06 bits per heavy atom. The summed E-state index contributed by atoms with van der Waals surface area (Å²) in [6, 6.07) is 7.90. The Morgan fingerprint density at radius 3 is 2.16 bits per heavy atom. The van der Waals surface area contributed by atoms with Gasteiger partial charge in [-0.25, -0.2) is 8.42 Å². The number of halogens is 3. The molecule has 1 fully saturated rings. The molecule has 32 heavy (non-hydrogen) atoms. The summed E-state index contributed by atoms with van der Waals surface area (Å²) in [6.07, 6.45) is -4.72. The minimum absolute atomic E-state index is 0.000270. The van der Waals surface area contributed by atoms with Gasteiger partial charge in [-0.3, -0.25) is 14.9 Å². The van der Waals surface area contributed by atoms with Gasteiger partial charge in [0.1, 0.15) is 5.69 Å². The van der Waals surface area contributed by atoms with Crippen LogP contribution in [0.15, 0.2) is 47.4 Å². The molecule has 0 saturated carbocycles. The van der Waals surface area contributed by atoms with Crippen molar-refractivity contribution >= 4 is 33.0 Å². The summed E-state index contributed by atoms with van der Waals surface area (Å²) in [6.45, 7) is 1.44. The number of sulfonamides is 1. The van der Waals surface area contributed by atoms with Crippen LogP contribution in [0.4, 0.5) is 30.2 Å². The van der Waals surface area contributed by atoms with Crippen LogP contribution in [-0.4, -0.2) is 49.7 Å². The fraction of sp³-hybridized carbons (Fsp3) is 0.316. The molecule has 2 aromatic rings. The predicted molar refractivity (Wildman–Crippen MR) is 110 cm³/mol. The van der Waals surface area contributed by atoms with Crippen LogP contribution in [0.2, 0.25) is 0 Å². The van der Waals surface area contributed by atoms with Crippen LogP contribution in [0.1, 0.15) is 12.5 Å². The van der Waals surface area contributed by atoms with Crippen LogP contribution in [0, 0.1) is 10.1 Å². The fourth-order valence-corrected chi connectivity index (χ4v) is 4.77. The minimum atomic E-state index is -4.72. The van der Waals surface area contributed by atoms with E-state index >= 15 is 0 Å². The number of hydrogen-bond acceptors (Lipinski definition) is 6. The van der Waals surface area contributed by atoms with Crippen LogP contribution in [0.25, 0.3) is 0 Å². The molecule has 1 N–H and O–H groups in total. The number of alkyl halides is 3. The third-order valence-corrected chi connectivity index (χ3v) is 6.80. The first kappa shape index (κ1) is 23.5. The van der Waals surface area contributed by atoms with Crippen molar-refractivity contribution in [3.8, 4) is 0 Å². The van der Waals surface area contributed by atoms with Crippen molar-refractivity contribution in [3.63, 3.8) is 0 Å². The zero-order chi connectivity index (χ0) is 23.7. The summed E-state index contributed by atoms with van der Waals surface area (Å²) in [4.78, 5) is 23.0. The Kier molecular flexibility index (Phi) is 6.41. The average Bonchev–Trinajstić information content (AvgIpc) is 2.72. The molecule has 1 amide bonds. The maximum Gasteiger partial charge on any atom is 0.416 e. The predicted octanol–water partition coefficient (Wildman–Crippen LogP) is 3.08. The number of nitrogens with one attached hydrogen (secondary N) is 1. The molecule has 1 heterocycles. The van der Waals surface area contributed by atoms with E-state index in [9.17, 15) is 36.5 Å². The van der Waals surface area contributed by atoms with Gasteiger partial charge in [-0.15, -0.1) is 0 Å². The first-order chi connectivity index (χ1) is 14.9. The molecule has 0 aromatic heterocycles. The van der Waals surface area contributed by atoms with E-state index in [0.717, 1.165) is 12.1 Å². The summed E-state index contributed by atoms with van der Waals surface area (Å²) < 4.78 is 65.7. The summed E-state index contributed by atoms with van der Waals surface area (Å²) in [7, 11) is -3.85. The molecule has 0 aliphatic carbocycles. The zero-order valence-corrected chi connectivity index (χ0v) is 17.6. The summed E-state index contributed by atoms with van der Waals surface area (Å²) in [5.41, 5.74) is -1.38. The molecule has 172 valence electrons. The van der Waals surface area contributed by atoms with Crippen molar-refractivity contribution in [2.24, 2.45) is 0 Å². The van der Waals surface area contributed by atoms with Gasteiger partial charge >= 0.3 is 6.18 Å². The first-order valence-electron chi connectivity index (χ1n) is 9.38. The summed E-state index contributed by atoms with van der Waals surface area (Å²) >= 11 is 0. The number of rotatable bonds is 5. The standard InChI is InChI=1S/C19H19F3N4O5S/c1-13(27)23-15-3-5-16(6-4-15)32(30,31)25-10-8-24(9-11-25)17-7-2-14(19(20,21)22)12-18(17)26(28)29/h2-7,12H,8-11H2,1H3,(H,23,27). The van der Waals surface area contributed by atoms with Crippen LogP contribution in [0.3, 0.4) is 0 Å². The molecule has 3 rings (SSSR count). The molecule has 13 heteroatoms. The molecule has 1 aliphatic rings. The number of piperazine rings is 1. The molecule has 2 aromatic carbocycles. The third-order valence-electron chi connectivity index (χ3n) is 4.89. The molecule has 1 aliphatic heterocycles. The Bertz CT molecular complexity index is 1130. The van der Waals surface area contributed by atoms with Crippen LogP contribution in [-0.2, 0) is 21.0 Å². The van der Waals surface area contributed by atoms with E-state index in [-0.39, 0.29) is 42.7 Å². The van der Waals surface area contributed by atoms with Crippen molar-refractivity contribution < 1.29 is 31.3 Å². The van der Waals surface area contributed by atoms with Gasteiger partial charge in [-0.05, 0) is 36.4 Å². The number of carbonyl (C=O) groups is 1. The van der Waals surface area contributed by atoms with E-state index in [4.69, 9.17) is 0 Å². The van der Waals surface area contributed by atoms with Gasteiger partial charge in [-0.2, -0.15) is 17.5 Å². The Labute approximate surface area is 181 Å². The van der Waals surface area contributed by atoms with Crippen molar-refractivity contribution in [1.82, 2.24) is 4.31 Å². The molecule has 0 unspecified atom stereocenters. The molecule has 1 saturated heterocycles. The van der Waals surface area contributed by atoms with Gasteiger partial charge in [0.25, 0.3) is 5.69 Å². The monoisotopic (exact) mass is 472 g/mol. The lowest BCUT2D eigenvalue weighted by Crippen LogP contribution is -2.48. The lowest BCUT2D eigenvalue weighted by molar-refractivity contribution is -0.384. The van der Waals surface area contributed by atoms with Gasteiger partial charge in [0.15, 0.2) is 0 Å². The zero-order valence-electron chi connectivity index (χ0n) is 16.8. The van der Waals surface area contributed by atoms with E-state index in [1.807, 2.05) is 0 Å². The molecule has 0 spiro atoms. The number of carbonyl (C=O) groups excluding carboxylic acids is 1. The van der Waals surface area contributed by atoms with Crippen molar-refractivity contribution in [3.05, 3.63) is 58.1 Å². The van der Waals surface area contributed by atoms with Crippen molar-refractivity contribution in [1.29, 1.82) is 0 Å². The largest absolute Gasteiger partial charge is 0.416 e. The van der Waals surface area contributed by atoms with Crippen molar-refractivity contribution in [2.75, 3.05) is 36.4 Å². The second-order valence-electron chi connectivity index (χ2n) is 7.06. The average molecular weight is 472 g/mol. The highest BCUT2D eigenvalue weighted by Crippen LogP contribution is 2.37. The number of nitro groups is 1. The number of nitrogens with zero attached hydrogens (tertiary/aromatic N) is 3. The lowest BCUT2D eigenvalue weighted by Gasteiger charge is -2.35. The van der Waals surface area contributed by atoms with E-state index in [1.54, 1.807) is 0 Å². The topological polar surface area (TPSA) is 113 Å². The van der Waals surface area contributed by atoms with E-state index in [1.165, 1.54) is 40.4 Å². The molecular weight excluding hydrogens is 453 g/mol. The van der Waals surface area contributed by atoms with Gasteiger partial charge in [-0.1, -0.05) is 0 Å². The number of amides is 1. The number of hydrogen-bond donors (Lipinski definition) is 1. The Balaban J connectivity index is 1.76. The van der Waals surface area contributed by atoms with E-state index < -0.39 is 32.4 Å². The maximum absolute atomic E-state index is 12.9. The molecule has 0 radical (unpaired) electrons. The smallest absolute Gasteiger partial charge is 0.363 e. The Hall–Kier alpha value is -3.19. The highest BCUT2D eigenvalue weighted by molar-refractivity contribution is 7.89. The fourth-order valence-electron chi connectivity index (χ4n) is 3.35. The Morgan fingerprint density at radius 2 is 1.66 bits per heavy atom. The van der Waals surface area contributed by atoms with Gasteiger partial charge in [0, 0.05) is 44.9 Å². The number of nitro benzene ring substituents is 1. The summed E-state index contributed by atoms with van der Waals surface area (Å²) in [5.74, 6) is -0.297. The number of anilines is 2. The van der Waals surface area contributed by atoms with Crippen LogP contribution >= 0.6 is 0 Å². The third kappa shape index (κ3) is 4.99. The van der Waals surface area contributed by atoms with Gasteiger partial charge < -0.3 is 10.2 Å².